The summed E-state index contributed by atoms with van der Waals surface area (Å²) in [6.07, 6.45) is 13.7. The average Bonchev–Trinajstić information content (AvgIpc) is 3.60. The summed E-state index contributed by atoms with van der Waals surface area (Å²) in [7, 11) is 0. The lowest BCUT2D eigenvalue weighted by atomic mass is 10.00. The molecule has 4 heterocycles. The van der Waals surface area contributed by atoms with Gasteiger partial charge in [0.2, 0.25) is 0 Å². The van der Waals surface area contributed by atoms with E-state index < -0.39 is 0 Å². The summed E-state index contributed by atoms with van der Waals surface area (Å²) < 4.78 is 13.5. The molecule has 1 fully saturated rings. The molecule has 0 atom stereocenters. The van der Waals surface area contributed by atoms with Gasteiger partial charge in [0.15, 0.2) is 5.82 Å². The maximum atomic E-state index is 13.5. The lowest BCUT2D eigenvalue weighted by Gasteiger charge is -2.26. The van der Waals surface area contributed by atoms with Crippen molar-refractivity contribution >= 4 is 27.5 Å². The number of fused-ring (bicyclic) bond motifs is 2. The van der Waals surface area contributed by atoms with Gasteiger partial charge in [0, 0.05) is 23.7 Å². The Morgan fingerprint density at radius 3 is 2.64 bits per heavy atom. The summed E-state index contributed by atoms with van der Waals surface area (Å²) in [5.74, 6) is 0.377. The number of nitrogens with one attached hydrogen (secondary N) is 2. The molecule has 0 radical (unpaired) electrons. The third kappa shape index (κ3) is 5.05. The third-order valence-corrected chi connectivity index (χ3v) is 7.44. The van der Waals surface area contributed by atoms with Gasteiger partial charge in [0.1, 0.15) is 11.5 Å². The predicted octanol–water partition coefficient (Wildman–Crippen LogP) is 7.31. The molecule has 6 nitrogen and oxygen atoms in total. The number of aromatic amines is 2. The number of hydrogen-bond acceptors (Lipinski definition) is 4. The van der Waals surface area contributed by atoms with E-state index in [0.717, 1.165) is 69.5 Å². The summed E-state index contributed by atoms with van der Waals surface area (Å²) in [5, 5.41) is 8.74. The Kier molecular flexibility index (Phi) is 6.90. The molecule has 196 valence electrons. The zero-order chi connectivity index (χ0) is 26.8. The van der Waals surface area contributed by atoms with E-state index in [1.165, 1.54) is 37.0 Å². The van der Waals surface area contributed by atoms with E-state index in [1.807, 2.05) is 6.08 Å². The van der Waals surface area contributed by atoms with E-state index in [2.05, 4.69) is 68.9 Å². The molecule has 0 aliphatic carbocycles. The normalized spacial score (nSPS) is 15.3. The van der Waals surface area contributed by atoms with Crippen molar-refractivity contribution in [2.45, 2.75) is 26.2 Å². The molecule has 1 aliphatic rings. The first-order valence-electron chi connectivity index (χ1n) is 13.4. The molecule has 0 amide bonds. The van der Waals surface area contributed by atoms with Crippen molar-refractivity contribution in [1.82, 2.24) is 30.0 Å². The number of hydrogen-bond donors (Lipinski definition) is 2. The third-order valence-electron chi connectivity index (χ3n) is 7.44. The first kappa shape index (κ1) is 24.9. The quantitative estimate of drug-likeness (QED) is 0.222. The van der Waals surface area contributed by atoms with Crippen molar-refractivity contribution in [3.05, 3.63) is 96.6 Å². The lowest BCUT2D eigenvalue weighted by Crippen LogP contribution is -2.31. The van der Waals surface area contributed by atoms with Gasteiger partial charge in [0.25, 0.3) is 0 Å². The van der Waals surface area contributed by atoms with Gasteiger partial charge in [-0.25, -0.2) is 9.37 Å². The number of aromatic nitrogens is 5. The number of allylic oxidation sites excluding steroid dienone is 3. The minimum atomic E-state index is -0.276. The predicted molar refractivity (Wildman–Crippen MR) is 157 cm³/mol. The highest BCUT2D eigenvalue weighted by Gasteiger charge is 2.17. The Hall–Kier alpha value is -4.36. The van der Waals surface area contributed by atoms with Crippen molar-refractivity contribution in [2.75, 3.05) is 19.6 Å². The van der Waals surface area contributed by atoms with Gasteiger partial charge < -0.3 is 4.98 Å². The molecule has 2 N–H and O–H groups in total. The minimum Gasteiger partial charge on any atom is -0.335 e. The second-order valence-corrected chi connectivity index (χ2v) is 10.0. The first-order chi connectivity index (χ1) is 19.1. The topological polar surface area (TPSA) is 73.5 Å². The van der Waals surface area contributed by atoms with E-state index in [1.54, 1.807) is 24.5 Å². The Bertz CT molecular complexity index is 1700. The first-order valence-corrected chi connectivity index (χ1v) is 13.4. The van der Waals surface area contributed by atoms with E-state index in [9.17, 15) is 4.39 Å². The van der Waals surface area contributed by atoms with Crippen LogP contribution in [0, 0.1) is 5.82 Å². The number of piperidine rings is 1. The van der Waals surface area contributed by atoms with Crippen LogP contribution < -0.4 is 0 Å². The molecule has 0 spiro atoms. The number of H-pyrrole nitrogens is 2. The van der Waals surface area contributed by atoms with Crippen molar-refractivity contribution < 1.29 is 4.39 Å². The van der Waals surface area contributed by atoms with Gasteiger partial charge in [-0.1, -0.05) is 49.4 Å². The molecule has 7 heteroatoms. The monoisotopic (exact) mass is 518 g/mol. The number of nitrogens with zero attached hydrogens (tertiary/aromatic N) is 4. The van der Waals surface area contributed by atoms with Gasteiger partial charge in [-0.15, -0.1) is 0 Å². The van der Waals surface area contributed by atoms with Crippen molar-refractivity contribution in [2.24, 2.45) is 0 Å². The molecule has 0 saturated carbocycles. The van der Waals surface area contributed by atoms with E-state index in [0.29, 0.717) is 5.82 Å². The summed E-state index contributed by atoms with van der Waals surface area (Å²) in [5.41, 5.74) is 8.40. The van der Waals surface area contributed by atoms with Crippen LogP contribution in [0.1, 0.15) is 31.7 Å². The Morgan fingerprint density at radius 1 is 1.05 bits per heavy atom. The number of pyridine rings is 1. The highest BCUT2D eigenvalue weighted by molar-refractivity contribution is 5.98. The lowest BCUT2D eigenvalue weighted by molar-refractivity contribution is 0.248. The Labute approximate surface area is 227 Å². The van der Waals surface area contributed by atoms with Crippen LogP contribution in [0.15, 0.2) is 85.2 Å². The maximum absolute atomic E-state index is 13.5. The van der Waals surface area contributed by atoms with Crippen LogP contribution in [-0.4, -0.2) is 49.7 Å². The molecule has 39 heavy (non-hydrogen) atoms. The molecule has 0 unspecified atom stereocenters. The van der Waals surface area contributed by atoms with Gasteiger partial charge in [-0.3, -0.25) is 15.0 Å². The van der Waals surface area contributed by atoms with Crippen molar-refractivity contribution in [3.8, 4) is 22.6 Å². The standard InChI is InChI=1S/C32H31FN6/c1-3-21(20-39-14-6-5-7-15-39)16-22(4-2)24-10-13-28-26(17-24)31(38-37-28)32-35-29-19-34-18-27(30(29)36-32)23-8-11-25(33)12-9-23/h3-4,8-13,16-19H,1,5-7,14-15,20H2,2H3,(H,35,36)(H,37,38)/b21-16+,22-4+. The number of imidazole rings is 1. The van der Waals surface area contributed by atoms with Gasteiger partial charge in [-0.05, 0) is 79.4 Å². The summed E-state index contributed by atoms with van der Waals surface area (Å²) in [6, 6.07) is 12.7. The van der Waals surface area contributed by atoms with E-state index in [-0.39, 0.29) is 5.82 Å². The van der Waals surface area contributed by atoms with Crippen LogP contribution in [0.5, 0.6) is 0 Å². The van der Waals surface area contributed by atoms with E-state index in [4.69, 9.17) is 4.98 Å². The zero-order valence-electron chi connectivity index (χ0n) is 22.0. The number of halogens is 1. The molecule has 1 aliphatic heterocycles. The molecular weight excluding hydrogens is 487 g/mol. The second kappa shape index (κ2) is 10.8. The molecule has 5 aromatic rings. The van der Waals surface area contributed by atoms with Gasteiger partial charge >= 0.3 is 0 Å². The average molecular weight is 519 g/mol. The summed E-state index contributed by atoms with van der Waals surface area (Å²) >= 11 is 0. The maximum Gasteiger partial charge on any atom is 0.159 e. The smallest absolute Gasteiger partial charge is 0.159 e. The number of rotatable bonds is 7. The summed E-state index contributed by atoms with van der Waals surface area (Å²) in [6.45, 7) is 9.37. The van der Waals surface area contributed by atoms with Crippen molar-refractivity contribution in [1.29, 1.82) is 0 Å². The number of likely N-dealkylation sites (tertiary alicyclic amines) is 1. The van der Waals surface area contributed by atoms with Gasteiger partial charge in [0.05, 0.1) is 22.7 Å². The van der Waals surface area contributed by atoms with Crippen LogP contribution in [0.3, 0.4) is 0 Å². The molecule has 0 bridgehead atoms. The molecule has 6 rings (SSSR count). The Morgan fingerprint density at radius 2 is 1.87 bits per heavy atom. The van der Waals surface area contributed by atoms with Crippen LogP contribution in [0.4, 0.5) is 4.39 Å². The Balaban J connectivity index is 1.36. The highest BCUT2D eigenvalue weighted by atomic mass is 19.1. The highest BCUT2D eigenvalue weighted by Crippen LogP contribution is 2.32. The van der Waals surface area contributed by atoms with E-state index >= 15 is 0 Å². The van der Waals surface area contributed by atoms with Crippen LogP contribution >= 0.6 is 0 Å². The second-order valence-electron chi connectivity index (χ2n) is 10.0. The molecule has 1 saturated heterocycles. The van der Waals surface area contributed by atoms with Crippen LogP contribution in [0.25, 0.3) is 50.2 Å². The fourth-order valence-corrected chi connectivity index (χ4v) is 5.34. The molecular formula is C32H31FN6. The summed E-state index contributed by atoms with van der Waals surface area (Å²) in [4.78, 5) is 15.2. The minimum absolute atomic E-state index is 0.276. The largest absolute Gasteiger partial charge is 0.335 e. The van der Waals surface area contributed by atoms with Crippen LogP contribution in [-0.2, 0) is 0 Å². The fourth-order valence-electron chi connectivity index (χ4n) is 5.34. The molecule has 3 aromatic heterocycles. The fraction of sp³-hybridized carbons (Fsp3) is 0.219. The van der Waals surface area contributed by atoms with Gasteiger partial charge in [-0.2, -0.15) is 5.10 Å². The molecule has 2 aromatic carbocycles. The SMILES string of the molecule is C=C/C(=C\C(=C/C)c1ccc2[nH]nc(-c3nc4c(-c5ccc(F)cc5)cncc4[nH]3)c2c1)CN1CCCCC1. The van der Waals surface area contributed by atoms with Crippen LogP contribution in [0.2, 0.25) is 0 Å². The van der Waals surface area contributed by atoms with Crippen molar-refractivity contribution in [3.63, 3.8) is 0 Å². The number of benzene rings is 2. The zero-order valence-corrected chi connectivity index (χ0v) is 22.0.